The summed E-state index contributed by atoms with van der Waals surface area (Å²) >= 11 is 0. The summed E-state index contributed by atoms with van der Waals surface area (Å²) in [6.45, 7) is 8.13. The van der Waals surface area contributed by atoms with E-state index in [1.54, 1.807) is 23.9 Å². The Kier molecular flexibility index (Phi) is 6.30. The molecule has 0 unspecified atom stereocenters. The number of aryl methyl sites for hydroxylation is 1. The van der Waals surface area contributed by atoms with Crippen molar-refractivity contribution in [3.05, 3.63) is 54.2 Å². The van der Waals surface area contributed by atoms with Crippen LogP contribution in [0, 0.1) is 0 Å². The van der Waals surface area contributed by atoms with Crippen LogP contribution < -0.4 is 5.32 Å². The van der Waals surface area contributed by atoms with Crippen molar-refractivity contribution in [3.63, 3.8) is 0 Å². The normalized spacial score (nSPS) is 16.2. The number of nitrogens with zero attached hydrogens (tertiary/aromatic N) is 4. The van der Waals surface area contributed by atoms with E-state index in [2.05, 4.69) is 31.2 Å². The first-order valence-corrected chi connectivity index (χ1v) is 12.5. The van der Waals surface area contributed by atoms with Crippen LogP contribution >= 0.6 is 0 Å². The van der Waals surface area contributed by atoms with Gasteiger partial charge in [0.05, 0.1) is 17.1 Å². The number of aromatic nitrogens is 2. The smallest absolute Gasteiger partial charge is 0.243 e. The van der Waals surface area contributed by atoms with Crippen LogP contribution in [0.15, 0.2) is 53.4 Å². The molecule has 8 nitrogen and oxygen atoms in total. The number of amides is 1. The van der Waals surface area contributed by atoms with Crippen LogP contribution in [0.25, 0.3) is 10.8 Å². The monoisotopic (exact) mass is 469 g/mol. The van der Waals surface area contributed by atoms with Crippen LogP contribution in [0.4, 0.5) is 5.82 Å². The Morgan fingerprint density at radius 3 is 2.30 bits per heavy atom. The first kappa shape index (κ1) is 23.4. The summed E-state index contributed by atoms with van der Waals surface area (Å²) in [4.78, 5) is 14.9. The molecule has 9 heteroatoms. The number of rotatable bonds is 5. The second kappa shape index (κ2) is 8.89. The maximum Gasteiger partial charge on any atom is 0.243 e. The van der Waals surface area contributed by atoms with Gasteiger partial charge in [-0.05, 0) is 22.9 Å². The minimum atomic E-state index is -3.58. The Labute approximate surface area is 195 Å². The zero-order chi connectivity index (χ0) is 23.8. The van der Waals surface area contributed by atoms with E-state index in [-0.39, 0.29) is 17.9 Å². The lowest BCUT2D eigenvalue weighted by Crippen LogP contribution is -2.50. The van der Waals surface area contributed by atoms with Gasteiger partial charge in [0.25, 0.3) is 0 Å². The number of fused-ring (bicyclic) bond motifs is 1. The van der Waals surface area contributed by atoms with Gasteiger partial charge in [0.1, 0.15) is 5.82 Å². The van der Waals surface area contributed by atoms with Gasteiger partial charge in [0, 0.05) is 44.7 Å². The van der Waals surface area contributed by atoms with Crippen LogP contribution in [-0.2, 0) is 27.3 Å². The molecule has 1 fully saturated rings. The Morgan fingerprint density at radius 2 is 1.67 bits per heavy atom. The van der Waals surface area contributed by atoms with E-state index in [0.29, 0.717) is 36.9 Å². The summed E-state index contributed by atoms with van der Waals surface area (Å²) < 4.78 is 29.5. The molecule has 1 saturated heterocycles. The quantitative estimate of drug-likeness (QED) is 0.621. The van der Waals surface area contributed by atoms with Crippen LogP contribution in [0.5, 0.6) is 0 Å². The lowest BCUT2D eigenvalue weighted by molar-refractivity contribution is -0.117. The lowest BCUT2D eigenvalue weighted by atomic mass is 9.92. The molecule has 1 aliphatic heterocycles. The van der Waals surface area contributed by atoms with Crippen LogP contribution in [-0.4, -0.2) is 66.0 Å². The highest BCUT2D eigenvalue weighted by Gasteiger charge is 2.29. The fraction of sp³-hybridized carbons (Fsp3) is 0.417. The average Bonchev–Trinajstić information content (AvgIpc) is 3.14. The first-order chi connectivity index (χ1) is 15.5. The molecule has 0 bridgehead atoms. The molecule has 3 aromatic rings. The number of sulfonamides is 1. The van der Waals surface area contributed by atoms with Gasteiger partial charge in [-0.15, -0.1) is 0 Å². The maximum absolute atomic E-state index is 13.1. The summed E-state index contributed by atoms with van der Waals surface area (Å²) in [6.07, 6.45) is 0. The molecule has 1 aromatic heterocycles. The lowest BCUT2D eigenvalue weighted by Gasteiger charge is -2.33. The second-order valence-electron chi connectivity index (χ2n) is 9.53. The van der Waals surface area contributed by atoms with E-state index in [4.69, 9.17) is 0 Å². The summed E-state index contributed by atoms with van der Waals surface area (Å²) in [5, 5.41) is 9.31. The van der Waals surface area contributed by atoms with Gasteiger partial charge in [-0.2, -0.15) is 9.40 Å². The number of hydrogen-bond donors (Lipinski definition) is 1. The number of benzene rings is 2. The predicted molar refractivity (Wildman–Crippen MR) is 130 cm³/mol. The molecule has 33 heavy (non-hydrogen) atoms. The molecular weight excluding hydrogens is 438 g/mol. The number of carbonyl (C=O) groups excluding carboxylic acids is 1. The van der Waals surface area contributed by atoms with Crippen LogP contribution in [0.3, 0.4) is 0 Å². The van der Waals surface area contributed by atoms with Crippen LogP contribution in [0.1, 0.15) is 26.5 Å². The highest BCUT2D eigenvalue weighted by atomic mass is 32.2. The van der Waals surface area contributed by atoms with Crippen molar-refractivity contribution < 1.29 is 13.2 Å². The highest BCUT2D eigenvalue weighted by Crippen LogP contribution is 2.24. The second-order valence-corrected chi connectivity index (χ2v) is 11.5. The standard InChI is InChI=1S/C24H31N5O3S/c1-24(2,3)21-16-22(27(4)26-21)25-23(30)17-28-11-13-29(14-12-28)33(31,32)20-10-9-18-7-5-6-8-19(18)15-20/h5-10,15-16H,11-14,17H2,1-4H3,(H,25,30). The van der Waals surface area contributed by atoms with E-state index in [0.717, 1.165) is 16.5 Å². The van der Waals surface area contributed by atoms with Gasteiger partial charge < -0.3 is 5.32 Å². The van der Waals surface area contributed by atoms with Crippen molar-refractivity contribution in [1.82, 2.24) is 19.0 Å². The van der Waals surface area contributed by atoms with Crippen molar-refractivity contribution >= 4 is 32.5 Å². The van der Waals surface area contributed by atoms with Crippen molar-refractivity contribution in [3.8, 4) is 0 Å². The molecule has 176 valence electrons. The van der Waals surface area contributed by atoms with Gasteiger partial charge in [0.15, 0.2) is 0 Å². The topological polar surface area (TPSA) is 87.5 Å². The number of carbonyl (C=O) groups is 1. The van der Waals surface area contributed by atoms with E-state index < -0.39 is 10.0 Å². The molecule has 1 aliphatic rings. The summed E-state index contributed by atoms with van der Waals surface area (Å²) in [6, 6.07) is 14.8. The van der Waals surface area contributed by atoms with Crippen LogP contribution in [0.2, 0.25) is 0 Å². The van der Waals surface area contributed by atoms with E-state index in [1.165, 1.54) is 4.31 Å². The highest BCUT2D eigenvalue weighted by molar-refractivity contribution is 7.89. The third kappa shape index (κ3) is 5.10. The minimum Gasteiger partial charge on any atom is -0.310 e. The molecule has 0 atom stereocenters. The van der Waals surface area contributed by atoms with Crippen molar-refractivity contribution in [2.75, 3.05) is 38.0 Å². The molecule has 2 heterocycles. The number of hydrogen-bond acceptors (Lipinski definition) is 5. The number of anilines is 1. The first-order valence-electron chi connectivity index (χ1n) is 11.1. The minimum absolute atomic E-state index is 0.104. The number of piperazine rings is 1. The zero-order valence-corrected chi connectivity index (χ0v) is 20.4. The largest absolute Gasteiger partial charge is 0.310 e. The number of nitrogens with one attached hydrogen (secondary N) is 1. The summed E-state index contributed by atoms with van der Waals surface area (Å²) in [7, 11) is -1.77. The van der Waals surface area contributed by atoms with Crippen molar-refractivity contribution in [2.45, 2.75) is 31.1 Å². The van der Waals surface area contributed by atoms with E-state index in [9.17, 15) is 13.2 Å². The van der Waals surface area contributed by atoms with Crippen molar-refractivity contribution in [1.29, 1.82) is 0 Å². The van der Waals surface area contributed by atoms with Gasteiger partial charge in [-0.1, -0.05) is 51.1 Å². The van der Waals surface area contributed by atoms with Gasteiger partial charge in [-0.3, -0.25) is 14.4 Å². The molecule has 0 radical (unpaired) electrons. The molecule has 0 saturated carbocycles. The van der Waals surface area contributed by atoms with Gasteiger partial charge in [0.2, 0.25) is 15.9 Å². The fourth-order valence-corrected chi connectivity index (χ4v) is 5.40. The fourth-order valence-electron chi connectivity index (χ4n) is 3.94. The Balaban J connectivity index is 1.35. The third-order valence-corrected chi connectivity index (χ3v) is 7.87. The Hall–Kier alpha value is -2.75. The van der Waals surface area contributed by atoms with Gasteiger partial charge >= 0.3 is 0 Å². The SMILES string of the molecule is Cn1nc(C(C)(C)C)cc1NC(=O)CN1CCN(S(=O)(=O)c2ccc3ccccc3c2)CC1. The third-order valence-electron chi connectivity index (χ3n) is 5.97. The Morgan fingerprint density at radius 1 is 1.00 bits per heavy atom. The molecule has 2 aromatic carbocycles. The molecule has 1 amide bonds. The summed E-state index contributed by atoms with van der Waals surface area (Å²) in [5.74, 6) is 0.520. The zero-order valence-electron chi connectivity index (χ0n) is 19.6. The predicted octanol–water partition coefficient (Wildman–Crippen LogP) is 2.82. The molecule has 0 spiro atoms. The van der Waals surface area contributed by atoms with E-state index >= 15 is 0 Å². The molecule has 0 aliphatic carbocycles. The maximum atomic E-state index is 13.1. The molecule has 4 rings (SSSR count). The van der Waals surface area contributed by atoms with Gasteiger partial charge in [-0.25, -0.2) is 8.42 Å². The Bertz CT molecular complexity index is 1270. The van der Waals surface area contributed by atoms with E-state index in [1.807, 2.05) is 41.3 Å². The molecular formula is C24H31N5O3S. The van der Waals surface area contributed by atoms with Crippen molar-refractivity contribution in [2.24, 2.45) is 7.05 Å². The summed E-state index contributed by atoms with van der Waals surface area (Å²) in [5.41, 5.74) is 0.806. The average molecular weight is 470 g/mol. The molecule has 1 N–H and O–H groups in total.